The minimum atomic E-state index is -0.453. The molecule has 156 valence electrons. The van der Waals surface area contributed by atoms with Gasteiger partial charge < -0.3 is 9.80 Å². The second-order valence-electron chi connectivity index (χ2n) is 8.16. The molecule has 4 heterocycles. The van der Waals surface area contributed by atoms with Gasteiger partial charge in [-0.05, 0) is 38.6 Å². The van der Waals surface area contributed by atoms with E-state index >= 15 is 0 Å². The maximum Gasteiger partial charge on any atom is 0.332 e. The van der Waals surface area contributed by atoms with Crippen LogP contribution in [-0.4, -0.2) is 87.1 Å². The van der Waals surface area contributed by atoms with Crippen LogP contribution in [0, 0.1) is 0 Å². The molecule has 2 aromatic heterocycles. The SMILES string of the molecule is CN1CCCC(N2CCN(C(=O)c3ccc4c(=O)n(C)c(=O)n(C)c4n3)CC2)C1. The predicted octanol–water partition coefficient (Wildman–Crippen LogP) is -0.516. The molecule has 2 aliphatic rings. The lowest BCUT2D eigenvalue weighted by Gasteiger charge is -2.42. The van der Waals surface area contributed by atoms with Gasteiger partial charge in [-0.15, -0.1) is 0 Å². The third kappa shape index (κ3) is 3.60. The van der Waals surface area contributed by atoms with Crippen molar-refractivity contribution >= 4 is 16.9 Å². The number of nitrogens with zero attached hydrogens (tertiary/aromatic N) is 6. The van der Waals surface area contributed by atoms with Gasteiger partial charge in [0, 0.05) is 52.9 Å². The van der Waals surface area contributed by atoms with Gasteiger partial charge >= 0.3 is 5.69 Å². The number of aryl methyl sites for hydroxylation is 1. The van der Waals surface area contributed by atoms with E-state index in [1.807, 2.05) is 4.90 Å². The van der Waals surface area contributed by atoms with Crippen LogP contribution in [0.15, 0.2) is 21.7 Å². The minimum absolute atomic E-state index is 0.152. The Kier molecular flexibility index (Phi) is 5.26. The molecular weight excluding hydrogens is 372 g/mol. The number of rotatable bonds is 2. The van der Waals surface area contributed by atoms with Gasteiger partial charge in [0.2, 0.25) is 0 Å². The fourth-order valence-electron chi connectivity index (χ4n) is 4.46. The molecule has 0 spiro atoms. The summed E-state index contributed by atoms with van der Waals surface area (Å²) in [6, 6.07) is 3.74. The van der Waals surface area contributed by atoms with Crippen LogP contribution in [-0.2, 0) is 14.1 Å². The van der Waals surface area contributed by atoms with Crippen LogP contribution in [0.3, 0.4) is 0 Å². The number of hydrogen-bond acceptors (Lipinski definition) is 6. The Bertz CT molecular complexity index is 1050. The van der Waals surface area contributed by atoms with E-state index in [9.17, 15) is 14.4 Å². The molecule has 2 fully saturated rings. The maximum atomic E-state index is 13.0. The minimum Gasteiger partial charge on any atom is -0.335 e. The van der Waals surface area contributed by atoms with E-state index in [0.29, 0.717) is 24.5 Å². The van der Waals surface area contributed by atoms with Crippen LogP contribution >= 0.6 is 0 Å². The molecule has 2 aliphatic heterocycles. The van der Waals surface area contributed by atoms with E-state index < -0.39 is 11.2 Å². The largest absolute Gasteiger partial charge is 0.335 e. The topological polar surface area (TPSA) is 83.7 Å². The van der Waals surface area contributed by atoms with E-state index in [-0.39, 0.29) is 17.2 Å². The standard InChI is InChI=1S/C20H28N6O3/c1-22-8-4-5-14(13-22)25-9-11-26(12-10-25)19(28)16-7-6-15-17(21-16)23(2)20(29)24(3)18(15)27/h6-7,14H,4-5,8-13H2,1-3H3. The average molecular weight is 400 g/mol. The predicted molar refractivity (Wildman–Crippen MR) is 110 cm³/mol. The molecule has 2 aromatic rings. The highest BCUT2D eigenvalue weighted by Gasteiger charge is 2.29. The summed E-state index contributed by atoms with van der Waals surface area (Å²) in [6.45, 7) is 5.29. The number of likely N-dealkylation sites (N-methyl/N-ethyl adjacent to an activating group) is 1. The smallest absolute Gasteiger partial charge is 0.332 e. The summed E-state index contributed by atoms with van der Waals surface area (Å²) < 4.78 is 2.36. The molecular formula is C20H28N6O3. The summed E-state index contributed by atoms with van der Waals surface area (Å²) in [5, 5.41) is 0.331. The van der Waals surface area contributed by atoms with Crippen molar-refractivity contribution in [3.63, 3.8) is 0 Å². The zero-order valence-electron chi connectivity index (χ0n) is 17.3. The fourth-order valence-corrected chi connectivity index (χ4v) is 4.46. The molecule has 0 aromatic carbocycles. The quantitative estimate of drug-likeness (QED) is 0.675. The number of piperazine rings is 1. The van der Waals surface area contributed by atoms with Crippen molar-refractivity contribution in [3.05, 3.63) is 38.7 Å². The Morgan fingerprint density at radius 3 is 2.41 bits per heavy atom. The molecule has 1 atom stereocenters. The number of carbonyl (C=O) groups is 1. The van der Waals surface area contributed by atoms with E-state index in [0.717, 1.165) is 30.7 Å². The monoisotopic (exact) mass is 400 g/mol. The van der Waals surface area contributed by atoms with Crippen LogP contribution < -0.4 is 11.2 Å². The lowest BCUT2D eigenvalue weighted by atomic mass is 10.0. The normalized spacial score (nSPS) is 21.6. The first-order chi connectivity index (χ1) is 13.9. The van der Waals surface area contributed by atoms with Crippen LogP contribution in [0.4, 0.5) is 0 Å². The van der Waals surface area contributed by atoms with E-state index in [4.69, 9.17) is 0 Å². The highest BCUT2D eigenvalue weighted by Crippen LogP contribution is 2.18. The number of pyridine rings is 1. The Morgan fingerprint density at radius 1 is 1.00 bits per heavy atom. The van der Waals surface area contributed by atoms with E-state index in [1.54, 1.807) is 19.2 Å². The van der Waals surface area contributed by atoms with Crippen molar-refractivity contribution in [1.29, 1.82) is 0 Å². The number of fused-ring (bicyclic) bond motifs is 1. The number of likely N-dealkylation sites (tertiary alicyclic amines) is 1. The van der Waals surface area contributed by atoms with Crippen molar-refractivity contribution in [2.24, 2.45) is 14.1 Å². The molecule has 0 N–H and O–H groups in total. The summed E-state index contributed by atoms with van der Waals surface area (Å²) in [7, 11) is 5.16. The Labute approximate surface area is 169 Å². The van der Waals surface area contributed by atoms with Crippen LogP contribution in [0.5, 0.6) is 0 Å². The highest BCUT2D eigenvalue weighted by molar-refractivity contribution is 5.94. The van der Waals surface area contributed by atoms with Crippen molar-refractivity contribution in [1.82, 2.24) is 28.8 Å². The maximum absolute atomic E-state index is 13.0. The van der Waals surface area contributed by atoms with Gasteiger partial charge in [-0.1, -0.05) is 0 Å². The van der Waals surface area contributed by atoms with Crippen molar-refractivity contribution in [2.75, 3.05) is 46.3 Å². The highest BCUT2D eigenvalue weighted by atomic mass is 16.2. The second kappa shape index (κ2) is 7.72. The summed E-state index contributed by atoms with van der Waals surface area (Å²) in [6.07, 6.45) is 2.44. The summed E-state index contributed by atoms with van der Waals surface area (Å²) in [4.78, 5) is 48.5. The van der Waals surface area contributed by atoms with Crippen LogP contribution in [0.1, 0.15) is 23.3 Å². The van der Waals surface area contributed by atoms with Gasteiger partial charge in [-0.2, -0.15) is 0 Å². The van der Waals surface area contributed by atoms with Gasteiger partial charge in [0.1, 0.15) is 11.3 Å². The molecule has 1 unspecified atom stereocenters. The summed E-state index contributed by atoms with van der Waals surface area (Å²) in [5.41, 5.74) is -0.342. The molecule has 0 saturated carbocycles. The van der Waals surface area contributed by atoms with Crippen molar-refractivity contribution in [3.8, 4) is 0 Å². The number of hydrogen-bond donors (Lipinski definition) is 0. The number of piperidine rings is 1. The first-order valence-electron chi connectivity index (χ1n) is 10.2. The average Bonchev–Trinajstić information content (AvgIpc) is 2.75. The van der Waals surface area contributed by atoms with Crippen molar-refractivity contribution < 1.29 is 4.79 Å². The van der Waals surface area contributed by atoms with Gasteiger partial charge in [0.05, 0.1) is 5.39 Å². The summed E-state index contributed by atoms with van der Waals surface area (Å²) in [5.74, 6) is -0.152. The zero-order valence-corrected chi connectivity index (χ0v) is 17.3. The third-order valence-corrected chi connectivity index (χ3v) is 6.24. The third-order valence-electron chi connectivity index (χ3n) is 6.24. The number of aromatic nitrogens is 3. The van der Waals surface area contributed by atoms with E-state index in [1.165, 1.54) is 24.5 Å². The first-order valence-corrected chi connectivity index (χ1v) is 10.2. The lowest BCUT2D eigenvalue weighted by Crippen LogP contribution is -2.55. The van der Waals surface area contributed by atoms with E-state index in [2.05, 4.69) is 21.8 Å². The lowest BCUT2D eigenvalue weighted by molar-refractivity contribution is 0.0448. The molecule has 0 bridgehead atoms. The van der Waals surface area contributed by atoms with Gasteiger partial charge in [-0.25, -0.2) is 9.78 Å². The molecule has 9 nitrogen and oxygen atoms in total. The first kappa shape index (κ1) is 19.8. The van der Waals surface area contributed by atoms with Crippen molar-refractivity contribution in [2.45, 2.75) is 18.9 Å². The molecule has 9 heteroatoms. The molecule has 0 radical (unpaired) electrons. The Morgan fingerprint density at radius 2 is 1.72 bits per heavy atom. The number of amides is 1. The van der Waals surface area contributed by atoms with Gasteiger partial charge in [0.15, 0.2) is 0 Å². The van der Waals surface area contributed by atoms with Crippen LogP contribution in [0.25, 0.3) is 11.0 Å². The Hall–Kier alpha value is -2.52. The summed E-state index contributed by atoms with van der Waals surface area (Å²) >= 11 is 0. The van der Waals surface area contributed by atoms with Gasteiger partial charge in [-0.3, -0.25) is 23.6 Å². The fraction of sp³-hybridized carbons (Fsp3) is 0.600. The Balaban J connectivity index is 1.51. The molecule has 0 aliphatic carbocycles. The molecule has 1 amide bonds. The van der Waals surface area contributed by atoms with Gasteiger partial charge in [0.25, 0.3) is 11.5 Å². The second-order valence-corrected chi connectivity index (χ2v) is 8.16. The molecule has 29 heavy (non-hydrogen) atoms. The molecule has 4 rings (SSSR count). The van der Waals surface area contributed by atoms with Crippen LogP contribution in [0.2, 0.25) is 0 Å². The number of carbonyl (C=O) groups excluding carboxylic acids is 1. The molecule has 2 saturated heterocycles. The zero-order chi connectivity index (χ0) is 20.7.